The molecule has 0 aliphatic heterocycles. The zero-order valence-electron chi connectivity index (χ0n) is 28.8. The zero-order valence-corrected chi connectivity index (χ0v) is 30.4. The van der Waals surface area contributed by atoms with Gasteiger partial charge in [0.2, 0.25) is 0 Å². The summed E-state index contributed by atoms with van der Waals surface area (Å²) < 4.78 is 22.4. The van der Waals surface area contributed by atoms with Crippen LogP contribution in [0.4, 0.5) is 11.4 Å². The Kier molecular flexibility index (Phi) is 14.1. The van der Waals surface area contributed by atoms with Crippen molar-refractivity contribution in [1.29, 1.82) is 0 Å². The van der Waals surface area contributed by atoms with Crippen LogP contribution >= 0.6 is 11.8 Å². The minimum Gasteiger partial charge on any atom is -0.496 e. The molecule has 2 aromatic carbocycles. The van der Waals surface area contributed by atoms with Gasteiger partial charge in [-0.25, -0.2) is 0 Å². The highest BCUT2D eigenvalue weighted by molar-refractivity contribution is 7.98. The van der Waals surface area contributed by atoms with Gasteiger partial charge in [-0.05, 0) is 54.5 Å². The third kappa shape index (κ3) is 10.1. The number of methoxy groups -OCH3 is 2. The molecule has 0 fully saturated rings. The molecule has 0 saturated heterocycles. The molecule has 11 nitrogen and oxygen atoms in total. The first kappa shape index (κ1) is 37.5. The van der Waals surface area contributed by atoms with Crippen molar-refractivity contribution in [2.24, 2.45) is 0 Å². The summed E-state index contributed by atoms with van der Waals surface area (Å²) in [7, 11) is 2.25. The van der Waals surface area contributed by atoms with Gasteiger partial charge in [0.15, 0.2) is 0 Å². The maximum atomic E-state index is 13.3. The lowest BCUT2D eigenvalue weighted by atomic mass is 9.94. The number of ether oxygens (including phenoxy) is 2. The molecule has 4 rings (SSSR count). The van der Waals surface area contributed by atoms with Gasteiger partial charge in [-0.1, -0.05) is 24.3 Å². The van der Waals surface area contributed by atoms with Crippen molar-refractivity contribution in [2.45, 2.75) is 26.9 Å². The normalized spacial score (nSPS) is 11.6. The highest BCUT2D eigenvalue weighted by atomic mass is 32.2. The van der Waals surface area contributed by atoms with E-state index in [-0.39, 0.29) is 23.2 Å². The molecule has 0 radical (unpaired) electrons. The fourth-order valence-electron chi connectivity index (χ4n) is 5.16. The van der Waals surface area contributed by atoms with Crippen LogP contribution in [-0.2, 0) is 23.9 Å². The van der Waals surface area contributed by atoms with Gasteiger partial charge in [0.05, 0.1) is 14.2 Å². The molecule has 2 amide bonds. The van der Waals surface area contributed by atoms with Gasteiger partial charge < -0.3 is 30.7 Å². The number of pyridine rings is 2. The van der Waals surface area contributed by atoms with Crippen LogP contribution in [0.2, 0.25) is 0 Å². The Bertz CT molecular complexity index is 1800. The molecular weight excluding hydrogens is 661 g/mol. The summed E-state index contributed by atoms with van der Waals surface area (Å²) in [6.45, 7) is 6.41. The molecule has 4 aromatic rings. The van der Waals surface area contributed by atoms with E-state index in [9.17, 15) is 13.8 Å². The van der Waals surface area contributed by atoms with Crippen LogP contribution in [0.3, 0.4) is 0 Å². The number of benzene rings is 2. The zero-order chi connectivity index (χ0) is 35.3. The predicted molar refractivity (Wildman–Crippen MR) is 200 cm³/mol. The van der Waals surface area contributed by atoms with Crippen LogP contribution in [-0.4, -0.2) is 77.3 Å². The van der Waals surface area contributed by atoms with Crippen molar-refractivity contribution in [3.63, 3.8) is 0 Å². The second-order valence-corrected chi connectivity index (χ2v) is 13.8. The van der Waals surface area contributed by atoms with Crippen LogP contribution < -0.4 is 30.7 Å². The lowest BCUT2D eigenvalue weighted by molar-refractivity contribution is 0.101. The predicted octanol–water partition coefficient (Wildman–Crippen LogP) is 5.20. The van der Waals surface area contributed by atoms with E-state index in [1.165, 1.54) is 0 Å². The van der Waals surface area contributed by atoms with E-state index in [0.29, 0.717) is 48.3 Å². The number of aromatic nitrogens is 2. The summed E-state index contributed by atoms with van der Waals surface area (Å²) in [6, 6.07) is 14.7. The molecule has 260 valence electrons. The first-order valence-electron chi connectivity index (χ1n) is 15.7. The molecule has 49 heavy (non-hydrogen) atoms. The van der Waals surface area contributed by atoms with Crippen molar-refractivity contribution >= 4 is 45.8 Å². The first-order chi connectivity index (χ1) is 23.7. The number of nitrogens with one attached hydrogen (secondary N) is 4. The minimum absolute atomic E-state index is 0.214. The monoisotopic (exact) mass is 704 g/mol. The number of anilines is 2. The third-order valence-electron chi connectivity index (χ3n) is 7.93. The van der Waals surface area contributed by atoms with E-state index in [0.717, 1.165) is 45.7 Å². The fraction of sp³-hybridized carbons (Fsp3) is 0.333. The summed E-state index contributed by atoms with van der Waals surface area (Å²) in [4.78, 5) is 35.4. The van der Waals surface area contributed by atoms with Gasteiger partial charge >= 0.3 is 0 Å². The Balaban J connectivity index is 1.49. The molecule has 1 atom stereocenters. The molecule has 0 spiro atoms. The quantitative estimate of drug-likeness (QED) is 0.108. The van der Waals surface area contributed by atoms with E-state index in [1.807, 2.05) is 50.2 Å². The van der Waals surface area contributed by atoms with Gasteiger partial charge in [0.25, 0.3) is 11.8 Å². The number of carbonyl (C=O) groups excluding carboxylic acids is 2. The average molecular weight is 705 g/mol. The maximum Gasteiger partial charge on any atom is 0.274 e. The SMILES string of the molecule is COc1cc(C(=O)Nc2cccc(-c3cccc(NC(=O)c4cc(OC)c(CNCCS(C)=O)cn4)c3C)c2C)ncc1CNCCSC. The molecule has 13 heteroatoms. The molecule has 1 unspecified atom stereocenters. The van der Waals surface area contributed by atoms with E-state index in [1.54, 1.807) is 56.8 Å². The van der Waals surface area contributed by atoms with Crippen LogP contribution in [0.5, 0.6) is 11.5 Å². The lowest BCUT2D eigenvalue weighted by Gasteiger charge is -2.17. The number of hydrogen-bond acceptors (Lipinski definition) is 10. The van der Waals surface area contributed by atoms with Crippen LogP contribution in [0.25, 0.3) is 11.1 Å². The van der Waals surface area contributed by atoms with E-state index < -0.39 is 10.8 Å². The van der Waals surface area contributed by atoms with Gasteiger partial charge in [-0.2, -0.15) is 11.8 Å². The van der Waals surface area contributed by atoms with Crippen LogP contribution in [0.15, 0.2) is 60.9 Å². The molecule has 2 heterocycles. The Morgan fingerprint density at radius 2 is 1.24 bits per heavy atom. The molecule has 0 aliphatic carbocycles. The van der Waals surface area contributed by atoms with Gasteiger partial charge in [-0.15, -0.1) is 0 Å². The highest BCUT2D eigenvalue weighted by Gasteiger charge is 2.18. The number of carbonyl (C=O) groups is 2. The van der Waals surface area contributed by atoms with E-state index in [4.69, 9.17) is 9.47 Å². The molecule has 2 aromatic heterocycles. The number of nitrogens with zero attached hydrogens (tertiary/aromatic N) is 2. The minimum atomic E-state index is -0.879. The fourth-order valence-corrected chi connectivity index (χ4v) is 5.94. The first-order valence-corrected chi connectivity index (χ1v) is 18.9. The largest absolute Gasteiger partial charge is 0.496 e. The van der Waals surface area contributed by atoms with Crippen molar-refractivity contribution < 1.29 is 23.3 Å². The second-order valence-electron chi connectivity index (χ2n) is 11.3. The van der Waals surface area contributed by atoms with E-state index in [2.05, 4.69) is 37.5 Å². The van der Waals surface area contributed by atoms with Crippen molar-refractivity contribution in [3.05, 3.63) is 94.6 Å². The maximum absolute atomic E-state index is 13.3. The number of rotatable bonds is 17. The van der Waals surface area contributed by atoms with E-state index >= 15 is 0 Å². The van der Waals surface area contributed by atoms with Crippen LogP contribution in [0.1, 0.15) is 43.2 Å². The van der Waals surface area contributed by atoms with Gasteiger partial charge in [0.1, 0.15) is 22.9 Å². The van der Waals surface area contributed by atoms with Crippen LogP contribution in [0, 0.1) is 13.8 Å². The molecule has 4 N–H and O–H groups in total. The molecular formula is C36H44N6O5S2. The van der Waals surface area contributed by atoms with Gasteiger partial charge in [0, 0.05) is 102 Å². The summed E-state index contributed by atoms with van der Waals surface area (Å²) >= 11 is 1.77. The highest BCUT2D eigenvalue weighted by Crippen LogP contribution is 2.34. The average Bonchev–Trinajstić information content (AvgIpc) is 3.10. The topological polar surface area (TPSA) is 144 Å². The Hall–Kier alpha value is -4.30. The summed E-state index contributed by atoms with van der Waals surface area (Å²) in [5, 5.41) is 12.6. The standard InChI is InChI=1S/C36H44N6O5S2/c1-23-27(9-7-11-29(23)41-35(43)31-17-33(46-3)25(21-39-31)19-37-13-15-48-5)28-10-8-12-30(24(28)2)42-36(44)32-18-34(47-4)26(22-40-32)20-38-14-16-49(6)45/h7-12,17-18,21-22,37-38H,13-16,19-20H2,1-6H3,(H,41,43)(H,42,44). The van der Waals surface area contributed by atoms with Crippen molar-refractivity contribution in [3.8, 4) is 22.6 Å². The number of hydrogen-bond donors (Lipinski definition) is 4. The Morgan fingerprint density at radius 1 is 0.776 bits per heavy atom. The Morgan fingerprint density at radius 3 is 1.67 bits per heavy atom. The van der Waals surface area contributed by atoms with Crippen molar-refractivity contribution in [1.82, 2.24) is 20.6 Å². The molecule has 0 saturated carbocycles. The molecule has 0 bridgehead atoms. The lowest BCUT2D eigenvalue weighted by Crippen LogP contribution is -2.21. The second kappa shape index (κ2) is 18.5. The summed E-state index contributed by atoms with van der Waals surface area (Å²) in [6.07, 6.45) is 7.01. The van der Waals surface area contributed by atoms with Gasteiger partial charge in [-0.3, -0.25) is 23.8 Å². The molecule has 0 aliphatic rings. The number of thioether (sulfide) groups is 1. The smallest absolute Gasteiger partial charge is 0.274 e. The van der Waals surface area contributed by atoms with Crippen molar-refractivity contribution in [2.75, 3.05) is 62.0 Å². The summed E-state index contributed by atoms with van der Waals surface area (Å²) in [5.74, 6) is 1.96. The Labute approximate surface area is 294 Å². The summed E-state index contributed by atoms with van der Waals surface area (Å²) in [5.41, 5.74) is 6.96. The third-order valence-corrected chi connectivity index (χ3v) is 9.32. The number of amides is 2.